The maximum Gasteiger partial charge on any atom is 0.191 e. The van der Waals surface area contributed by atoms with E-state index in [1.54, 1.807) is 13.8 Å². The first-order chi connectivity index (χ1) is 6.28. The van der Waals surface area contributed by atoms with Crippen molar-refractivity contribution in [1.82, 2.24) is 0 Å². The van der Waals surface area contributed by atoms with Crippen LogP contribution in [0.3, 0.4) is 0 Å². The highest BCUT2D eigenvalue weighted by Gasteiger charge is 2.46. The molecule has 1 aliphatic carbocycles. The summed E-state index contributed by atoms with van der Waals surface area (Å²) in [5.74, 6) is -1.31. The lowest BCUT2D eigenvalue weighted by molar-refractivity contribution is -0.153. The second-order valence-corrected chi connectivity index (χ2v) is 4.03. The Morgan fingerprint density at radius 2 is 1.93 bits per heavy atom. The summed E-state index contributed by atoms with van der Waals surface area (Å²) in [7, 11) is 0. The van der Waals surface area contributed by atoms with Crippen LogP contribution < -0.4 is 0 Å². The Balaban J connectivity index is 3.18. The van der Waals surface area contributed by atoms with Gasteiger partial charge in [-0.05, 0) is 18.9 Å². The molecule has 4 heteroatoms. The van der Waals surface area contributed by atoms with Crippen molar-refractivity contribution < 1.29 is 19.8 Å². The minimum absolute atomic E-state index is 0.128. The molecule has 4 nitrogen and oxygen atoms in total. The predicted octanol–water partition coefficient (Wildman–Crippen LogP) is -0.168. The third-order valence-corrected chi connectivity index (χ3v) is 2.47. The zero-order valence-corrected chi connectivity index (χ0v) is 8.44. The molecule has 0 aromatic rings. The molecule has 2 N–H and O–H groups in total. The van der Waals surface area contributed by atoms with Crippen LogP contribution in [0.15, 0.2) is 11.6 Å². The highest BCUT2D eigenvalue weighted by Crippen LogP contribution is 2.26. The average molecular weight is 198 g/mol. The lowest BCUT2D eigenvalue weighted by atomic mass is 9.79. The van der Waals surface area contributed by atoms with Crippen molar-refractivity contribution in [3.63, 3.8) is 0 Å². The first-order valence-corrected chi connectivity index (χ1v) is 4.49. The summed E-state index contributed by atoms with van der Waals surface area (Å²) in [5, 5.41) is 19.0. The number of hydrogen-bond donors (Lipinski definition) is 2. The Bertz CT molecular complexity index is 312. The van der Waals surface area contributed by atoms with Gasteiger partial charge in [-0.1, -0.05) is 13.8 Å². The molecule has 0 saturated heterocycles. The molecular weight excluding hydrogens is 184 g/mol. The number of ketones is 2. The van der Waals surface area contributed by atoms with Crippen molar-refractivity contribution in [2.45, 2.75) is 32.5 Å². The molecule has 0 bridgehead atoms. The van der Waals surface area contributed by atoms with E-state index in [4.69, 9.17) is 0 Å². The quantitative estimate of drug-likeness (QED) is 0.613. The van der Waals surface area contributed by atoms with Crippen LogP contribution in [0.25, 0.3) is 0 Å². The number of Topliss-reactive ketones (excluding diaryl/α,β-unsaturated/α-hetero) is 1. The average Bonchev–Trinajstić information content (AvgIpc) is 2.08. The van der Waals surface area contributed by atoms with E-state index in [1.165, 1.54) is 0 Å². The fraction of sp³-hybridized carbons (Fsp3) is 0.600. The molecule has 0 aromatic heterocycles. The van der Waals surface area contributed by atoms with Crippen LogP contribution in [-0.4, -0.2) is 33.5 Å². The van der Waals surface area contributed by atoms with Crippen molar-refractivity contribution >= 4 is 11.6 Å². The number of carbonyl (C=O) groups is 2. The Hall–Kier alpha value is -1.00. The standard InChI is InChI=1S/C10H14O4/c1-5(2)6-4-7(11)10(3,14)9(13)8(6)12/h4-5,9,13-14H,1-3H3/t9-,10+/m0/s1. The molecular formula is C10H14O4. The third-order valence-electron chi connectivity index (χ3n) is 2.47. The lowest BCUT2D eigenvalue weighted by Gasteiger charge is -2.31. The number of aliphatic hydroxyl groups excluding tert-OH is 1. The summed E-state index contributed by atoms with van der Waals surface area (Å²) in [6, 6.07) is 0. The van der Waals surface area contributed by atoms with E-state index in [0.29, 0.717) is 0 Å². The topological polar surface area (TPSA) is 74.6 Å². The van der Waals surface area contributed by atoms with Crippen molar-refractivity contribution in [2.24, 2.45) is 5.92 Å². The van der Waals surface area contributed by atoms with Crippen LogP contribution in [0.4, 0.5) is 0 Å². The van der Waals surface area contributed by atoms with Crippen LogP contribution in [0.5, 0.6) is 0 Å². The molecule has 0 radical (unpaired) electrons. The summed E-state index contributed by atoms with van der Waals surface area (Å²) in [6.45, 7) is 4.65. The first kappa shape index (κ1) is 11.1. The third kappa shape index (κ3) is 1.51. The second-order valence-electron chi connectivity index (χ2n) is 4.03. The van der Waals surface area contributed by atoms with Gasteiger partial charge in [0, 0.05) is 5.57 Å². The van der Waals surface area contributed by atoms with Gasteiger partial charge in [0.25, 0.3) is 0 Å². The molecule has 0 amide bonds. The molecule has 0 spiro atoms. The first-order valence-electron chi connectivity index (χ1n) is 4.49. The highest BCUT2D eigenvalue weighted by molar-refractivity contribution is 6.14. The summed E-state index contributed by atoms with van der Waals surface area (Å²) in [4.78, 5) is 22.8. The second kappa shape index (κ2) is 3.29. The molecule has 0 unspecified atom stereocenters. The van der Waals surface area contributed by atoms with Gasteiger partial charge in [0.05, 0.1) is 0 Å². The van der Waals surface area contributed by atoms with E-state index in [-0.39, 0.29) is 11.5 Å². The van der Waals surface area contributed by atoms with Gasteiger partial charge in [0.1, 0.15) is 0 Å². The fourth-order valence-electron chi connectivity index (χ4n) is 1.36. The molecule has 2 atom stereocenters. The van der Waals surface area contributed by atoms with Gasteiger partial charge in [0.2, 0.25) is 0 Å². The molecule has 1 rings (SSSR count). The van der Waals surface area contributed by atoms with E-state index < -0.39 is 23.3 Å². The van der Waals surface area contributed by atoms with Gasteiger partial charge in [-0.15, -0.1) is 0 Å². The molecule has 0 fully saturated rings. The Morgan fingerprint density at radius 3 is 2.36 bits per heavy atom. The van der Waals surface area contributed by atoms with Crippen LogP contribution in [0.2, 0.25) is 0 Å². The Morgan fingerprint density at radius 1 is 1.43 bits per heavy atom. The largest absolute Gasteiger partial charge is 0.381 e. The van der Waals surface area contributed by atoms with E-state index in [2.05, 4.69) is 0 Å². The van der Waals surface area contributed by atoms with E-state index >= 15 is 0 Å². The monoisotopic (exact) mass is 198 g/mol. The molecule has 0 aromatic carbocycles. The predicted molar refractivity (Wildman–Crippen MR) is 49.6 cm³/mol. The van der Waals surface area contributed by atoms with Gasteiger partial charge >= 0.3 is 0 Å². The van der Waals surface area contributed by atoms with Crippen LogP contribution >= 0.6 is 0 Å². The normalized spacial score (nSPS) is 33.6. The molecule has 78 valence electrons. The molecule has 0 aliphatic heterocycles. The molecule has 0 heterocycles. The van der Waals surface area contributed by atoms with E-state index in [1.807, 2.05) is 0 Å². The smallest absolute Gasteiger partial charge is 0.191 e. The molecule has 0 saturated carbocycles. The van der Waals surface area contributed by atoms with Crippen LogP contribution in [0, 0.1) is 5.92 Å². The number of carbonyl (C=O) groups excluding carboxylic acids is 2. The highest BCUT2D eigenvalue weighted by atomic mass is 16.4. The summed E-state index contributed by atoms with van der Waals surface area (Å²) in [5.41, 5.74) is -1.70. The zero-order valence-electron chi connectivity index (χ0n) is 8.44. The van der Waals surface area contributed by atoms with Crippen molar-refractivity contribution in [2.75, 3.05) is 0 Å². The number of rotatable bonds is 1. The maximum absolute atomic E-state index is 11.5. The minimum atomic E-state index is -1.98. The number of hydrogen-bond acceptors (Lipinski definition) is 4. The summed E-state index contributed by atoms with van der Waals surface area (Å²) in [6.07, 6.45) is -0.517. The SMILES string of the molecule is CC(C)C1=CC(=O)[C@@](C)(O)[C@@H](O)C1=O. The van der Waals surface area contributed by atoms with Crippen molar-refractivity contribution in [3.8, 4) is 0 Å². The van der Waals surface area contributed by atoms with Crippen molar-refractivity contribution in [3.05, 3.63) is 11.6 Å². The van der Waals surface area contributed by atoms with Crippen LogP contribution in [-0.2, 0) is 9.59 Å². The molecule has 1 aliphatic rings. The lowest BCUT2D eigenvalue weighted by Crippen LogP contribution is -2.54. The van der Waals surface area contributed by atoms with Gasteiger partial charge < -0.3 is 10.2 Å². The summed E-state index contributed by atoms with van der Waals surface area (Å²) >= 11 is 0. The van der Waals surface area contributed by atoms with Gasteiger partial charge in [-0.25, -0.2) is 0 Å². The van der Waals surface area contributed by atoms with Crippen LogP contribution in [0.1, 0.15) is 20.8 Å². The maximum atomic E-state index is 11.5. The Labute approximate surface area is 82.2 Å². The summed E-state index contributed by atoms with van der Waals surface area (Å²) < 4.78 is 0. The molecule has 14 heavy (non-hydrogen) atoms. The van der Waals surface area contributed by atoms with Gasteiger partial charge in [-0.3, -0.25) is 9.59 Å². The minimum Gasteiger partial charge on any atom is -0.381 e. The van der Waals surface area contributed by atoms with E-state index in [0.717, 1.165) is 13.0 Å². The van der Waals surface area contributed by atoms with Crippen molar-refractivity contribution in [1.29, 1.82) is 0 Å². The Kier molecular flexibility index (Phi) is 2.61. The van der Waals surface area contributed by atoms with E-state index in [9.17, 15) is 19.8 Å². The number of aliphatic hydroxyl groups is 2. The zero-order chi connectivity index (χ0) is 11.1. The van der Waals surface area contributed by atoms with Gasteiger partial charge in [-0.2, -0.15) is 0 Å². The fourth-order valence-corrected chi connectivity index (χ4v) is 1.36. The van der Waals surface area contributed by atoms with Gasteiger partial charge in [0.15, 0.2) is 23.3 Å².